The van der Waals surface area contributed by atoms with Gasteiger partial charge in [0, 0.05) is 45.3 Å². The highest BCUT2D eigenvalue weighted by Gasteiger charge is 2.28. The number of hydrogen-bond acceptors (Lipinski definition) is 6. The lowest BCUT2D eigenvalue weighted by atomic mass is 10.3. The van der Waals surface area contributed by atoms with E-state index in [2.05, 4.69) is 41.0 Å². The van der Waals surface area contributed by atoms with Crippen LogP contribution in [0, 0.1) is 0 Å². The molecule has 1 aliphatic rings. The quantitative estimate of drug-likeness (QED) is 0.298. The summed E-state index contributed by atoms with van der Waals surface area (Å²) in [5.41, 5.74) is 0.438. The maximum Gasteiger partial charge on any atom is 0.220 e. The summed E-state index contributed by atoms with van der Waals surface area (Å²) in [5, 5.41) is 7.07. The zero-order valence-electron chi connectivity index (χ0n) is 18.7. The third-order valence-electron chi connectivity index (χ3n) is 5.06. The average molecular weight is 443 g/mol. The van der Waals surface area contributed by atoms with Gasteiger partial charge in [-0.2, -0.15) is 4.31 Å². The zero-order valence-corrected chi connectivity index (χ0v) is 19.5. The van der Waals surface area contributed by atoms with Crippen molar-refractivity contribution < 1.29 is 12.9 Å². The second-order valence-corrected chi connectivity index (χ2v) is 9.53. The number of nitrogens with zero attached hydrogens (tertiary/aromatic N) is 5. The monoisotopic (exact) mass is 442 g/mol. The molecule has 0 amide bonds. The second kappa shape index (κ2) is 12.9. The summed E-state index contributed by atoms with van der Waals surface area (Å²) in [6.45, 7) is 13.6. The molecule has 1 aromatic rings. The van der Waals surface area contributed by atoms with Crippen molar-refractivity contribution in [2.45, 2.75) is 45.8 Å². The zero-order chi connectivity index (χ0) is 21.8. The van der Waals surface area contributed by atoms with Crippen LogP contribution in [0.2, 0.25) is 0 Å². The van der Waals surface area contributed by atoms with Crippen LogP contribution in [0.1, 0.15) is 45.7 Å². The predicted octanol–water partition coefficient (Wildman–Crippen LogP) is 1.60. The molecule has 0 aliphatic carbocycles. The third kappa shape index (κ3) is 7.88. The molecule has 0 aromatic carbocycles. The molecule has 1 saturated heterocycles. The summed E-state index contributed by atoms with van der Waals surface area (Å²) in [6.07, 6.45) is 4.78. The normalized spacial score (nSPS) is 16.4. The first-order chi connectivity index (χ1) is 14.5. The van der Waals surface area contributed by atoms with E-state index >= 15 is 0 Å². The molecule has 0 unspecified atom stereocenters. The van der Waals surface area contributed by atoms with Crippen LogP contribution in [0.5, 0.6) is 0 Å². The molecule has 0 spiro atoms. The Bertz CT molecular complexity index is 709. The molecular weight excluding hydrogens is 404 g/mol. The molecule has 0 atom stereocenters. The summed E-state index contributed by atoms with van der Waals surface area (Å²) in [7, 11) is -3.39. The highest BCUT2D eigenvalue weighted by molar-refractivity contribution is 7.88. The molecule has 0 bridgehead atoms. The third-order valence-corrected chi connectivity index (χ3v) is 6.87. The lowest BCUT2D eigenvalue weighted by Crippen LogP contribution is -2.54. The van der Waals surface area contributed by atoms with E-state index in [0.29, 0.717) is 31.9 Å². The Balaban J connectivity index is 1.84. The van der Waals surface area contributed by atoms with Gasteiger partial charge >= 0.3 is 0 Å². The highest BCUT2D eigenvalue weighted by Crippen LogP contribution is 2.13. The SMILES string of the molecule is CCCN(CCC)CCCN=C(NCC)N1CCN(S(=O)(=O)Cc2ccon2)CC1. The smallest absolute Gasteiger partial charge is 0.220 e. The van der Waals surface area contributed by atoms with Crippen LogP contribution >= 0.6 is 0 Å². The van der Waals surface area contributed by atoms with Crippen molar-refractivity contribution in [1.29, 1.82) is 0 Å². The summed E-state index contributed by atoms with van der Waals surface area (Å²) in [5.74, 6) is 0.757. The van der Waals surface area contributed by atoms with E-state index in [9.17, 15) is 8.42 Å². The van der Waals surface area contributed by atoms with E-state index in [0.717, 1.165) is 45.1 Å². The van der Waals surface area contributed by atoms with Gasteiger partial charge in [-0.1, -0.05) is 19.0 Å². The Morgan fingerprint density at radius 1 is 1.17 bits per heavy atom. The van der Waals surface area contributed by atoms with Gasteiger partial charge in [0.1, 0.15) is 12.0 Å². The number of rotatable bonds is 12. The lowest BCUT2D eigenvalue weighted by molar-refractivity contribution is 0.258. The number of sulfonamides is 1. The molecule has 0 radical (unpaired) electrons. The minimum absolute atomic E-state index is 0.121. The fourth-order valence-corrected chi connectivity index (χ4v) is 5.07. The molecule has 1 fully saturated rings. The number of nitrogens with one attached hydrogen (secondary N) is 1. The van der Waals surface area contributed by atoms with Crippen molar-refractivity contribution in [3.8, 4) is 0 Å². The largest absolute Gasteiger partial charge is 0.364 e. The lowest BCUT2D eigenvalue weighted by Gasteiger charge is -2.35. The van der Waals surface area contributed by atoms with Crippen LogP contribution in [-0.4, -0.2) is 92.5 Å². The summed E-state index contributed by atoms with van der Waals surface area (Å²) in [6, 6.07) is 1.59. The van der Waals surface area contributed by atoms with Gasteiger partial charge in [-0.25, -0.2) is 8.42 Å². The van der Waals surface area contributed by atoms with Crippen LogP contribution in [0.3, 0.4) is 0 Å². The fraction of sp³-hybridized carbons (Fsp3) is 0.800. The molecule has 1 N–H and O–H groups in total. The maximum absolute atomic E-state index is 12.6. The van der Waals surface area contributed by atoms with Gasteiger partial charge in [0.25, 0.3) is 0 Å². The van der Waals surface area contributed by atoms with Crippen LogP contribution in [0.25, 0.3) is 0 Å². The first kappa shape index (κ1) is 24.6. The van der Waals surface area contributed by atoms with Gasteiger partial charge in [-0.3, -0.25) is 4.99 Å². The first-order valence-electron chi connectivity index (χ1n) is 11.1. The van der Waals surface area contributed by atoms with Crippen molar-refractivity contribution in [2.24, 2.45) is 4.99 Å². The van der Waals surface area contributed by atoms with Crippen molar-refractivity contribution in [3.63, 3.8) is 0 Å². The van der Waals surface area contributed by atoms with E-state index in [1.54, 1.807) is 6.07 Å². The van der Waals surface area contributed by atoms with Crippen molar-refractivity contribution in [1.82, 2.24) is 24.6 Å². The van der Waals surface area contributed by atoms with Crippen LogP contribution in [0.4, 0.5) is 0 Å². The van der Waals surface area contributed by atoms with Gasteiger partial charge in [0.2, 0.25) is 10.0 Å². The minimum Gasteiger partial charge on any atom is -0.364 e. The van der Waals surface area contributed by atoms with Gasteiger partial charge in [0.05, 0.1) is 5.69 Å². The van der Waals surface area contributed by atoms with Gasteiger partial charge in [-0.05, 0) is 45.8 Å². The molecule has 10 heteroatoms. The Morgan fingerprint density at radius 3 is 2.43 bits per heavy atom. The topological polar surface area (TPSA) is 94.3 Å². The predicted molar refractivity (Wildman–Crippen MR) is 120 cm³/mol. The van der Waals surface area contributed by atoms with E-state index in [1.807, 2.05) is 0 Å². The second-order valence-electron chi connectivity index (χ2n) is 7.56. The fourth-order valence-electron chi connectivity index (χ4n) is 3.64. The Morgan fingerprint density at radius 2 is 1.87 bits per heavy atom. The molecule has 9 nitrogen and oxygen atoms in total. The van der Waals surface area contributed by atoms with Crippen LogP contribution in [-0.2, 0) is 15.8 Å². The molecule has 2 heterocycles. The Labute approximate surface area is 181 Å². The van der Waals surface area contributed by atoms with Gasteiger partial charge in [0.15, 0.2) is 5.96 Å². The Kier molecular flexibility index (Phi) is 10.6. The van der Waals surface area contributed by atoms with E-state index in [-0.39, 0.29) is 5.75 Å². The molecule has 2 rings (SSSR count). The van der Waals surface area contributed by atoms with Crippen molar-refractivity contribution in [2.75, 3.05) is 58.9 Å². The summed E-state index contributed by atoms with van der Waals surface area (Å²) < 4.78 is 31.5. The summed E-state index contributed by atoms with van der Waals surface area (Å²) in [4.78, 5) is 9.45. The molecule has 0 saturated carbocycles. The number of aliphatic imine (C=N–C) groups is 1. The van der Waals surface area contributed by atoms with Crippen molar-refractivity contribution in [3.05, 3.63) is 18.0 Å². The minimum atomic E-state index is -3.39. The summed E-state index contributed by atoms with van der Waals surface area (Å²) >= 11 is 0. The van der Waals surface area contributed by atoms with Crippen LogP contribution in [0.15, 0.2) is 21.8 Å². The number of aromatic nitrogens is 1. The maximum atomic E-state index is 12.6. The molecule has 1 aliphatic heterocycles. The first-order valence-corrected chi connectivity index (χ1v) is 12.7. The van der Waals surface area contributed by atoms with E-state index in [1.165, 1.54) is 23.4 Å². The average Bonchev–Trinajstić information content (AvgIpc) is 3.23. The molecule has 172 valence electrons. The molecule has 1 aromatic heterocycles. The van der Waals surface area contributed by atoms with Crippen molar-refractivity contribution >= 4 is 16.0 Å². The van der Waals surface area contributed by atoms with Crippen LogP contribution < -0.4 is 5.32 Å². The Hall–Kier alpha value is -1.65. The van der Waals surface area contributed by atoms with Gasteiger partial charge in [-0.15, -0.1) is 0 Å². The number of hydrogen-bond donors (Lipinski definition) is 1. The highest BCUT2D eigenvalue weighted by atomic mass is 32.2. The number of piperazine rings is 1. The van der Waals surface area contributed by atoms with Gasteiger partial charge < -0.3 is 19.6 Å². The molecular formula is C20H38N6O3S. The number of guanidine groups is 1. The van der Waals surface area contributed by atoms with E-state index in [4.69, 9.17) is 9.52 Å². The standard InChI is InChI=1S/C20H38N6O3S/c1-4-10-24(11-5-2)12-7-9-22-20(21-6-3)25-13-15-26(16-14-25)30(27,28)18-19-8-17-29-23-19/h8,17H,4-7,9-16,18H2,1-3H3,(H,21,22). The molecule has 30 heavy (non-hydrogen) atoms. The van der Waals surface area contributed by atoms with E-state index < -0.39 is 10.0 Å².